The Morgan fingerprint density at radius 2 is 1.91 bits per heavy atom. The summed E-state index contributed by atoms with van der Waals surface area (Å²) in [4.78, 5) is 0. The van der Waals surface area contributed by atoms with Crippen molar-refractivity contribution >= 4 is 23.8 Å². The van der Waals surface area contributed by atoms with E-state index in [0.29, 0.717) is 0 Å². The number of hydrogen-bond donors (Lipinski definition) is 3. The van der Waals surface area contributed by atoms with Gasteiger partial charge in [0.2, 0.25) is 0 Å². The molecule has 0 unspecified atom stereocenters. The average Bonchev–Trinajstić information content (AvgIpc) is 2.05. The number of hydrogen-bond acceptors (Lipinski definition) is 3. The number of halogens is 1. The molecule has 0 bridgehead atoms. The molecule has 1 aromatic rings. The fraction of sp³-hybridized carbons (Fsp3) is 0.143. The summed E-state index contributed by atoms with van der Waals surface area (Å²) in [6.07, 6.45) is 0. The Morgan fingerprint density at radius 3 is 2.45 bits per heavy atom. The van der Waals surface area contributed by atoms with E-state index in [9.17, 15) is 0 Å². The van der Waals surface area contributed by atoms with Crippen LogP contribution in [0.5, 0.6) is 0 Å². The minimum absolute atomic E-state index is 0. The lowest BCUT2D eigenvalue weighted by molar-refractivity contribution is 1.35. The van der Waals surface area contributed by atoms with Crippen LogP contribution in [0.2, 0.25) is 0 Å². The Morgan fingerprint density at radius 1 is 1.27 bits per heavy atom. The van der Waals surface area contributed by atoms with Crippen molar-refractivity contribution in [3.63, 3.8) is 0 Å². The third kappa shape index (κ3) is 2.65. The SMILES string of the molecule is CNc1cccc(NN)c1.Cl. The number of benzene rings is 1. The molecule has 0 aromatic heterocycles. The molecule has 3 nitrogen and oxygen atoms in total. The first-order valence-corrected chi connectivity index (χ1v) is 3.11. The molecule has 4 N–H and O–H groups in total. The minimum atomic E-state index is 0. The van der Waals surface area contributed by atoms with Crippen LogP contribution in [0, 0.1) is 0 Å². The van der Waals surface area contributed by atoms with E-state index in [0.717, 1.165) is 11.4 Å². The van der Waals surface area contributed by atoms with Gasteiger partial charge in [0.1, 0.15) is 0 Å². The second-order valence-corrected chi connectivity index (χ2v) is 1.98. The Labute approximate surface area is 72.4 Å². The van der Waals surface area contributed by atoms with Gasteiger partial charge in [0.05, 0.1) is 5.69 Å². The summed E-state index contributed by atoms with van der Waals surface area (Å²) in [6.45, 7) is 0. The van der Waals surface area contributed by atoms with Crippen molar-refractivity contribution in [1.82, 2.24) is 0 Å². The smallest absolute Gasteiger partial charge is 0.0505 e. The van der Waals surface area contributed by atoms with E-state index >= 15 is 0 Å². The first-order valence-electron chi connectivity index (χ1n) is 3.11. The van der Waals surface area contributed by atoms with Crippen LogP contribution in [0.3, 0.4) is 0 Å². The third-order valence-electron chi connectivity index (χ3n) is 1.32. The van der Waals surface area contributed by atoms with Gasteiger partial charge in [0.15, 0.2) is 0 Å². The van der Waals surface area contributed by atoms with Crippen LogP contribution in [0.25, 0.3) is 0 Å². The zero-order valence-electron chi connectivity index (χ0n) is 6.29. The number of hydrazine groups is 1. The number of nitrogens with two attached hydrogens (primary N) is 1. The summed E-state index contributed by atoms with van der Waals surface area (Å²) in [5.74, 6) is 5.20. The monoisotopic (exact) mass is 173 g/mol. The second-order valence-electron chi connectivity index (χ2n) is 1.98. The molecule has 0 aliphatic heterocycles. The molecular formula is C7H12ClN3. The van der Waals surface area contributed by atoms with E-state index in [1.807, 2.05) is 31.3 Å². The van der Waals surface area contributed by atoms with Crippen LogP contribution < -0.4 is 16.6 Å². The highest BCUT2D eigenvalue weighted by Gasteiger charge is 1.88. The first-order chi connectivity index (χ1) is 4.86. The van der Waals surface area contributed by atoms with E-state index in [4.69, 9.17) is 5.84 Å². The van der Waals surface area contributed by atoms with Crippen molar-refractivity contribution in [2.24, 2.45) is 5.84 Å². The molecule has 0 amide bonds. The molecule has 0 spiro atoms. The quantitative estimate of drug-likeness (QED) is 0.469. The van der Waals surface area contributed by atoms with Crippen molar-refractivity contribution in [2.45, 2.75) is 0 Å². The Hall–Kier alpha value is -0.930. The van der Waals surface area contributed by atoms with Crippen LogP contribution in [0.15, 0.2) is 24.3 Å². The van der Waals surface area contributed by atoms with Gasteiger partial charge in [-0.25, -0.2) is 0 Å². The largest absolute Gasteiger partial charge is 0.388 e. The lowest BCUT2D eigenvalue weighted by Crippen LogP contribution is -2.06. The Kier molecular flexibility index (Phi) is 4.41. The van der Waals surface area contributed by atoms with Crippen molar-refractivity contribution in [2.75, 3.05) is 17.8 Å². The molecule has 0 aliphatic rings. The van der Waals surface area contributed by atoms with Gasteiger partial charge in [-0.3, -0.25) is 5.84 Å². The molecule has 0 fully saturated rings. The fourth-order valence-electron chi connectivity index (χ4n) is 0.764. The topological polar surface area (TPSA) is 50.1 Å². The van der Waals surface area contributed by atoms with Crippen LogP contribution in [0.1, 0.15) is 0 Å². The van der Waals surface area contributed by atoms with Gasteiger partial charge in [-0.2, -0.15) is 0 Å². The molecular weight excluding hydrogens is 162 g/mol. The van der Waals surface area contributed by atoms with Gasteiger partial charge in [-0.1, -0.05) is 6.07 Å². The maximum atomic E-state index is 5.20. The van der Waals surface area contributed by atoms with E-state index in [1.165, 1.54) is 0 Å². The molecule has 0 aliphatic carbocycles. The predicted octanol–water partition coefficient (Wildman–Crippen LogP) is 1.44. The van der Waals surface area contributed by atoms with Crippen molar-refractivity contribution < 1.29 is 0 Å². The Balaban J connectivity index is 0.000001000. The molecule has 1 rings (SSSR count). The zero-order chi connectivity index (χ0) is 7.40. The Bertz CT molecular complexity index is 195. The molecule has 0 saturated carbocycles. The van der Waals surface area contributed by atoms with Crippen molar-refractivity contribution in [3.8, 4) is 0 Å². The highest BCUT2D eigenvalue weighted by atomic mass is 35.5. The summed E-state index contributed by atoms with van der Waals surface area (Å²) in [6, 6.07) is 7.74. The summed E-state index contributed by atoms with van der Waals surface area (Å²) in [5, 5.41) is 3.01. The standard InChI is InChI=1S/C7H11N3.ClH/c1-9-6-3-2-4-7(5-6)10-8;/h2-5,9-10H,8H2,1H3;1H. The lowest BCUT2D eigenvalue weighted by atomic mass is 10.3. The molecule has 11 heavy (non-hydrogen) atoms. The molecule has 62 valence electrons. The highest BCUT2D eigenvalue weighted by Crippen LogP contribution is 2.12. The molecule has 0 radical (unpaired) electrons. The number of nitrogens with one attached hydrogen (secondary N) is 2. The van der Waals surface area contributed by atoms with E-state index < -0.39 is 0 Å². The van der Waals surface area contributed by atoms with Gasteiger partial charge < -0.3 is 10.7 Å². The normalized spacial score (nSPS) is 8.18. The summed E-state index contributed by atoms with van der Waals surface area (Å²) < 4.78 is 0. The van der Waals surface area contributed by atoms with E-state index in [1.54, 1.807) is 0 Å². The zero-order valence-corrected chi connectivity index (χ0v) is 7.11. The molecule has 0 heterocycles. The molecule has 1 aromatic carbocycles. The molecule has 0 atom stereocenters. The average molecular weight is 174 g/mol. The van der Waals surface area contributed by atoms with Crippen LogP contribution in [0.4, 0.5) is 11.4 Å². The van der Waals surface area contributed by atoms with Gasteiger partial charge in [0, 0.05) is 12.7 Å². The minimum Gasteiger partial charge on any atom is -0.388 e. The number of anilines is 2. The van der Waals surface area contributed by atoms with Crippen molar-refractivity contribution in [1.29, 1.82) is 0 Å². The maximum Gasteiger partial charge on any atom is 0.0505 e. The van der Waals surface area contributed by atoms with Crippen molar-refractivity contribution in [3.05, 3.63) is 24.3 Å². The third-order valence-corrected chi connectivity index (χ3v) is 1.32. The summed E-state index contributed by atoms with van der Waals surface area (Å²) >= 11 is 0. The summed E-state index contributed by atoms with van der Waals surface area (Å²) in [7, 11) is 1.87. The number of nitrogen functional groups attached to an aromatic ring is 1. The summed E-state index contributed by atoms with van der Waals surface area (Å²) in [5.41, 5.74) is 4.52. The lowest BCUT2D eigenvalue weighted by Gasteiger charge is -2.02. The van der Waals surface area contributed by atoms with E-state index in [-0.39, 0.29) is 12.4 Å². The fourth-order valence-corrected chi connectivity index (χ4v) is 0.764. The predicted molar refractivity (Wildman–Crippen MR) is 51.0 cm³/mol. The van der Waals surface area contributed by atoms with Gasteiger partial charge in [0.25, 0.3) is 0 Å². The van der Waals surface area contributed by atoms with Crippen LogP contribution in [-0.2, 0) is 0 Å². The molecule has 4 heteroatoms. The van der Waals surface area contributed by atoms with Gasteiger partial charge in [-0.05, 0) is 18.2 Å². The second kappa shape index (κ2) is 4.82. The van der Waals surface area contributed by atoms with Gasteiger partial charge in [-0.15, -0.1) is 12.4 Å². The first kappa shape index (κ1) is 10.1. The van der Waals surface area contributed by atoms with E-state index in [2.05, 4.69) is 10.7 Å². The van der Waals surface area contributed by atoms with Gasteiger partial charge >= 0.3 is 0 Å². The van der Waals surface area contributed by atoms with Crippen LogP contribution in [-0.4, -0.2) is 7.05 Å². The highest BCUT2D eigenvalue weighted by molar-refractivity contribution is 5.85. The molecule has 0 saturated heterocycles. The van der Waals surface area contributed by atoms with Crippen LogP contribution >= 0.6 is 12.4 Å². The number of rotatable bonds is 2. The maximum absolute atomic E-state index is 5.20.